The lowest BCUT2D eigenvalue weighted by Crippen LogP contribution is -2.05. The fourth-order valence-electron chi connectivity index (χ4n) is 1.18. The minimum Gasteiger partial charge on any atom is -0.384 e. The van der Waals surface area contributed by atoms with Gasteiger partial charge in [-0.15, -0.1) is 0 Å². The molecule has 86 valence electrons. The van der Waals surface area contributed by atoms with Crippen LogP contribution in [0.25, 0.3) is 0 Å². The molecule has 1 aromatic rings. The molecule has 0 unspecified atom stereocenters. The van der Waals surface area contributed by atoms with Gasteiger partial charge in [0.2, 0.25) is 0 Å². The molecule has 0 fully saturated rings. The van der Waals surface area contributed by atoms with E-state index in [1.54, 1.807) is 0 Å². The molecule has 0 heterocycles. The SMILES string of the molecule is C=CC(=C)[C@H](O)c1ccc(C(F)(F)F)cc1. The molecule has 0 bridgehead atoms. The van der Waals surface area contributed by atoms with Crippen molar-refractivity contribution in [2.45, 2.75) is 12.3 Å². The quantitative estimate of drug-likeness (QED) is 0.785. The lowest BCUT2D eigenvalue weighted by atomic mass is 10.0. The van der Waals surface area contributed by atoms with E-state index in [9.17, 15) is 18.3 Å². The summed E-state index contributed by atoms with van der Waals surface area (Å²) < 4.78 is 36.7. The summed E-state index contributed by atoms with van der Waals surface area (Å²) in [5.74, 6) is 0. The maximum atomic E-state index is 12.2. The van der Waals surface area contributed by atoms with E-state index < -0.39 is 17.8 Å². The zero-order valence-electron chi connectivity index (χ0n) is 8.46. The Hall–Kier alpha value is -1.55. The highest BCUT2D eigenvalue weighted by atomic mass is 19.4. The van der Waals surface area contributed by atoms with Gasteiger partial charge < -0.3 is 5.11 Å². The molecule has 0 aliphatic carbocycles. The topological polar surface area (TPSA) is 20.2 Å². The lowest BCUT2D eigenvalue weighted by molar-refractivity contribution is -0.137. The van der Waals surface area contributed by atoms with Gasteiger partial charge in [-0.1, -0.05) is 31.4 Å². The molecule has 1 aromatic carbocycles. The van der Waals surface area contributed by atoms with Gasteiger partial charge in [-0.05, 0) is 23.3 Å². The second kappa shape index (κ2) is 4.53. The van der Waals surface area contributed by atoms with Gasteiger partial charge in [0.15, 0.2) is 0 Å². The second-order valence-corrected chi connectivity index (χ2v) is 3.30. The molecule has 1 N–H and O–H groups in total. The van der Waals surface area contributed by atoms with Crippen molar-refractivity contribution in [1.29, 1.82) is 0 Å². The number of benzene rings is 1. The zero-order valence-corrected chi connectivity index (χ0v) is 8.46. The first-order valence-corrected chi connectivity index (χ1v) is 4.52. The minimum absolute atomic E-state index is 0.347. The highest BCUT2D eigenvalue weighted by Gasteiger charge is 2.30. The van der Waals surface area contributed by atoms with Crippen LogP contribution in [0.1, 0.15) is 17.2 Å². The minimum atomic E-state index is -4.36. The van der Waals surface area contributed by atoms with Crippen LogP contribution in [-0.2, 0) is 6.18 Å². The Balaban J connectivity index is 2.95. The Kier molecular flexibility index (Phi) is 3.55. The van der Waals surface area contributed by atoms with Crippen molar-refractivity contribution in [1.82, 2.24) is 0 Å². The predicted molar refractivity (Wildman–Crippen MR) is 55.7 cm³/mol. The van der Waals surface area contributed by atoms with Crippen molar-refractivity contribution in [3.63, 3.8) is 0 Å². The van der Waals surface area contributed by atoms with Gasteiger partial charge in [0.1, 0.15) is 6.10 Å². The molecule has 4 heteroatoms. The highest BCUT2D eigenvalue weighted by Crippen LogP contribution is 2.30. The fraction of sp³-hybridized carbons (Fsp3) is 0.167. The van der Waals surface area contributed by atoms with Crippen LogP contribution in [0, 0.1) is 0 Å². The molecular weight excluding hydrogens is 217 g/mol. The van der Waals surface area contributed by atoms with Crippen LogP contribution in [0.4, 0.5) is 13.2 Å². The molecule has 0 aliphatic heterocycles. The Bertz CT molecular complexity index is 390. The van der Waals surface area contributed by atoms with E-state index in [1.807, 2.05) is 0 Å². The highest BCUT2D eigenvalue weighted by molar-refractivity contribution is 5.32. The third-order valence-corrected chi connectivity index (χ3v) is 2.17. The number of hydrogen-bond donors (Lipinski definition) is 1. The maximum Gasteiger partial charge on any atom is 0.416 e. The molecule has 0 saturated heterocycles. The molecule has 0 aliphatic rings. The van der Waals surface area contributed by atoms with E-state index in [0.29, 0.717) is 11.1 Å². The first kappa shape index (κ1) is 12.5. The van der Waals surface area contributed by atoms with Crippen LogP contribution >= 0.6 is 0 Å². The molecule has 1 atom stereocenters. The standard InChI is InChI=1S/C12H11F3O/c1-3-8(2)11(16)9-4-6-10(7-5-9)12(13,14)15/h3-7,11,16H,1-2H2/t11-/m0/s1. The van der Waals surface area contributed by atoms with E-state index in [0.717, 1.165) is 12.1 Å². The Morgan fingerprint density at radius 1 is 1.25 bits per heavy atom. The monoisotopic (exact) mass is 228 g/mol. The van der Waals surface area contributed by atoms with Gasteiger partial charge in [-0.2, -0.15) is 13.2 Å². The Morgan fingerprint density at radius 3 is 2.12 bits per heavy atom. The van der Waals surface area contributed by atoms with E-state index in [-0.39, 0.29) is 0 Å². The normalized spacial score (nSPS) is 13.2. The number of halogens is 3. The number of rotatable bonds is 3. The molecule has 1 nitrogen and oxygen atoms in total. The van der Waals surface area contributed by atoms with Crippen molar-refractivity contribution in [2.24, 2.45) is 0 Å². The Morgan fingerprint density at radius 2 is 1.75 bits per heavy atom. The van der Waals surface area contributed by atoms with Gasteiger partial charge >= 0.3 is 6.18 Å². The van der Waals surface area contributed by atoms with Crippen LogP contribution in [0.5, 0.6) is 0 Å². The van der Waals surface area contributed by atoms with E-state index >= 15 is 0 Å². The van der Waals surface area contributed by atoms with Crippen LogP contribution in [-0.4, -0.2) is 5.11 Å². The first-order valence-electron chi connectivity index (χ1n) is 4.52. The van der Waals surface area contributed by atoms with Gasteiger partial charge in [-0.25, -0.2) is 0 Å². The van der Waals surface area contributed by atoms with Crippen molar-refractivity contribution in [2.75, 3.05) is 0 Å². The average Bonchev–Trinajstić information content (AvgIpc) is 2.26. The van der Waals surface area contributed by atoms with Crippen LogP contribution in [0.2, 0.25) is 0 Å². The van der Waals surface area contributed by atoms with E-state index in [4.69, 9.17) is 0 Å². The van der Waals surface area contributed by atoms with Crippen molar-refractivity contribution in [3.05, 3.63) is 60.2 Å². The van der Waals surface area contributed by atoms with Crippen molar-refractivity contribution < 1.29 is 18.3 Å². The average molecular weight is 228 g/mol. The fourth-order valence-corrected chi connectivity index (χ4v) is 1.18. The Labute approximate surface area is 91.5 Å². The molecule has 0 spiro atoms. The number of hydrogen-bond acceptors (Lipinski definition) is 1. The van der Waals surface area contributed by atoms with Crippen molar-refractivity contribution >= 4 is 0 Å². The van der Waals surface area contributed by atoms with Gasteiger partial charge in [0.05, 0.1) is 5.56 Å². The molecule has 0 saturated carbocycles. The third kappa shape index (κ3) is 2.73. The van der Waals surface area contributed by atoms with E-state index in [1.165, 1.54) is 18.2 Å². The summed E-state index contributed by atoms with van der Waals surface area (Å²) in [6, 6.07) is 4.30. The van der Waals surface area contributed by atoms with Crippen LogP contribution in [0.3, 0.4) is 0 Å². The largest absolute Gasteiger partial charge is 0.416 e. The molecule has 0 amide bonds. The van der Waals surface area contributed by atoms with Gasteiger partial charge in [0, 0.05) is 0 Å². The van der Waals surface area contributed by atoms with Crippen LogP contribution in [0.15, 0.2) is 49.1 Å². The smallest absolute Gasteiger partial charge is 0.384 e. The van der Waals surface area contributed by atoms with Crippen LogP contribution < -0.4 is 0 Å². The summed E-state index contributed by atoms with van der Waals surface area (Å²) in [5.41, 5.74) is -0.0367. The summed E-state index contributed by atoms with van der Waals surface area (Å²) in [7, 11) is 0. The summed E-state index contributed by atoms with van der Waals surface area (Å²) in [4.78, 5) is 0. The van der Waals surface area contributed by atoms with Gasteiger partial charge in [0.25, 0.3) is 0 Å². The molecule has 0 aromatic heterocycles. The molecule has 16 heavy (non-hydrogen) atoms. The summed E-state index contributed by atoms with van der Waals surface area (Å²) in [6.45, 7) is 6.95. The third-order valence-electron chi connectivity index (χ3n) is 2.17. The summed E-state index contributed by atoms with van der Waals surface area (Å²) >= 11 is 0. The van der Waals surface area contributed by atoms with Crippen molar-refractivity contribution in [3.8, 4) is 0 Å². The summed E-state index contributed by atoms with van der Waals surface area (Å²) in [5, 5.41) is 9.63. The molecule has 1 rings (SSSR count). The molecular formula is C12H11F3O. The maximum absolute atomic E-state index is 12.2. The number of alkyl halides is 3. The predicted octanol–water partition coefficient (Wildman–Crippen LogP) is 3.48. The number of aliphatic hydroxyl groups is 1. The molecule has 0 radical (unpaired) electrons. The zero-order chi connectivity index (χ0) is 12.3. The lowest BCUT2D eigenvalue weighted by Gasteiger charge is -2.12. The van der Waals surface area contributed by atoms with E-state index in [2.05, 4.69) is 13.2 Å². The van der Waals surface area contributed by atoms with Gasteiger partial charge in [-0.3, -0.25) is 0 Å². The summed E-state index contributed by atoms with van der Waals surface area (Å²) in [6.07, 6.45) is -4.01. The first-order chi connectivity index (χ1) is 7.36. The second-order valence-electron chi connectivity index (χ2n) is 3.30. The number of aliphatic hydroxyl groups excluding tert-OH is 1.